The molecular formula is C37H55N5O7SSi. The monoisotopic (exact) mass is 741 g/mol. The van der Waals surface area contributed by atoms with Gasteiger partial charge in [0.25, 0.3) is 11.4 Å². The first-order valence-corrected chi connectivity index (χ1v) is 22.6. The average molecular weight is 742 g/mol. The van der Waals surface area contributed by atoms with Crippen LogP contribution in [0.4, 0.5) is 0 Å². The summed E-state index contributed by atoms with van der Waals surface area (Å²) in [5.74, 6) is 0.905. The van der Waals surface area contributed by atoms with E-state index in [0.717, 1.165) is 53.3 Å². The van der Waals surface area contributed by atoms with Crippen LogP contribution in [0.25, 0.3) is 22.2 Å². The van der Waals surface area contributed by atoms with E-state index in [2.05, 4.69) is 29.2 Å². The van der Waals surface area contributed by atoms with E-state index in [1.54, 1.807) is 37.3 Å². The number of aryl methyl sites for hydroxylation is 1. The number of hydrogen-bond donors (Lipinski definition) is 0. The Kier molecular flexibility index (Phi) is 12.6. The predicted molar refractivity (Wildman–Crippen MR) is 203 cm³/mol. The molecule has 1 fully saturated rings. The third-order valence-corrected chi connectivity index (χ3v) is 12.9. The summed E-state index contributed by atoms with van der Waals surface area (Å²) in [6.45, 7) is 14.9. The predicted octanol–water partition coefficient (Wildman–Crippen LogP) is 7.00. The molecule has 0 N–H and O–H groups in total. The number of methoxy groups -OCH3 is 1. The lowest BCUT2D eigenvalue weighted by Crippen LogP contribution is -2.43. The maximum atomic E-state index is 14.0. The molecule has 280 valence electrons. The topological polar surface area (TPSA) is 129 Å². The molecule has 0 amide bonds. The summed E-state index contributed by atoms with van der Waals surface area (Å²) >= 11 is -1.31. The number of pyridine rings is 1. The second-order valence-corrected chi connectivity index (χ2v) is 23.3. The van der Waals surface area contributed by atoms with Gasteiger partial charge in [-0.1, -0.05) is 32.5 Å². The molecule has 2 atom stereocenters. The Morgan fingerprint density at radius 1 is 1.12 bits per heavy atom. The summed E-state index contributed by atoms with van der Waals surface area (Å²) in [5.41, 5.74) is 2.35. The average Bonchev–Trinajstić information content (AvgIpc) is 3.87. The highest BCUT2D eigenvalue weighted by molar-refractivity contribution is 7.90. The zero-order valence-corrected chi connectivity index (χ0v) is 33.5. The first-order chi connectivity index (χ1) is 24.1. The molecule has 1 aromatic carbocycles. The summed E-state index contributed by atoms with van der Waals surface area (Å²) in [5, 5.41) is 0.905. The van der Waals surface area contributed by atoms with Crippen molar-refractivity contribution in [3.63, 3.8) is 0 Å². The van der Waals surface area contributed by atoms with Crippen LogP contribution < -0.4 is 10.3 Å². The van der Waals surface area contributed by atoms with Gasteiger partial charge in [-0.25, -0.2) is 9.97 Å². The Labute approximate surface area is 305 Å². The molecule has 0 aliphatic carbocycles. The fourth-order valence-corrected chi connectivity index (χ4v) is 8.50. The van der Waals surface area contributed by atoms with Crippen molar-refractivity contribution < 1.29 is 27.9 Å². The molecule has 51 heavy (non-hydrogen) atoms. The first-order valence-electron chi connectivity index (χ1n) is 17.8. The van der Waals surface area contributed by atoms with E-state index in [1.165, 1.54) is 0 Å². The van der Waals surface area contributed by atoms with E-state index in [-0.39, 0.29) is 18.3 Å². The lowest BCUT2D eigenvalue weighted by Gasteiger charge is -2.35. The van der Waals surface area contributed by atoms with Gasteiger partial charge in [0.15, 0.2) is 0 Å². The van der Waals surface area contributed by atoms with Gasteiger partial charge in [0.05, 0.1) is 43.9 Å². The number of rotatable bonds is 17. The van der Waals surface area contributed by atoms with E-state index in [0.29, 0.717) is 44.3 Å². The molecule has 5 rings (SSSR count). The molecule has 12 nitrogen and oxygen atoms in total. The quantitative estimate of drug-likeness (QED) is 0.0634. The van der Waals surface area contributed by atoms with Crippen molar-refractivity contribution >= 4 is 30.3 Å². The zero-order chi connectivity index (χ0) is 37.0. The van der Waals surface area contributed by atoms with Crippen LogP contribution in [-0.2, 0) is 45.1 Å². The second kappa shape index (κ2) is 16.4. The number of fused-ring (bicyclic) bond motifs is 1. The van der Waals surface area contributed by atoms with Gasteiger partial charge in [-0.15, -0.1) is 4.31 Å². The lowest BCUT2D eigenvalue weighted by molar-refractivity contribution is -0.187. The summed E-state index contributed by atoms with van der Waals surface area (Å²) in [4.78, 5) is 21.8. The number of imidazole rings is 1. The van der Waals surface area contributed by atoms with E-state index in [4.69, 9.17) is 28.3 Å². The molecule has 14 heteroatoms. The third kappa shape index (κ3) is 9.16. The summed E-state index contributed by atoms with van der Waals surface area (Å²) in [7, 11) is 3.98. The number of ether oxygens (including phenoxy) is 4. The minimum Gasteiger partial charge on any atom is -0.597 e. The molecule has 4 aromatic rings. The van der Waals surface area contributed by atoms with Crippen molar-refractivity contribution in [1.82, 2.24) is 23.4 Å². The van der Waals surface area contributed by atoms with Gasteiger partial charge in [0, 0.05) is 64.3 Å². The van der Waals surface area contributed by atoms with Crippen LogP contribution in [0.2, 0.25) is 25.7 Å². The molecule has 1 saturated heterocycles. The van der Waals surface area contributed by atoms with Crippen LogP contribution in [0, 0.1) is 0 Å². The smallest absolute Gasteiger partial charge is 0.255 e. The summed E-state index contributed by atoms with van der Waals surface area (Å²) in [6.07, 6.45) is 8.92. The Morgan fingerprint density at radius 3 is 2.51 bits per heavy atom. The third-order valence-electron chi connectivity index (χ3n) is 9.34. The number of hydrogen-bond acceptors (Lipinski definition) is 10. The number of benzene rings is 1. The van der Waals surface area contributed by atoms with Crippen LogP contribution in [0.15, 0.2) is 52.1 Å². The van der Waals surface area contributed by atoms with Crippen LogP contribution in [0.5, 0.6) is 5.75 Å². The van der Waals surface area contributed by atoms with Crippen LogP contribution in [0.1, 0.15) is 70.6 Å². The largest absolute Gasteiger partial charge is 0.597 e. The second-order valence-electron chi connectivity index (χ2n) is 15.4. The van der Waals surface area contributed by atoms with Gasteiger partial charge in [-0.05, 0) is 57.2 Å². The fraction of sp³-hybridized carbons (Fsp3) is 0.595. The van der Waals surface area contributed by atoms with E-state index < -0.39 is 30.0 Å². The van der Waals surface area contributed by atoms with Crippen molar-refractivity contribution in [2.24, 2.45) is 7.05 Å². The van der Waals surface area contributed by atoms with Crippen molar-refractivity contribution in [3.05, 3.63) is 65.0 Å². The highest BCUT2D eigenvalue weighted by atomic mass is 32.2. The van der Waals surface area contributed by atoms with Crippen LogP contribution >= 0.6 is 0 Å². The maximum Gasteiger partial charge on any atom is 0.255 e. The molecule has 1 aliphatic rings. The van der Waals surface area contributed by atoms with Crippen molar-refractivity contribution in [2.75, 3.05) is 34.0 Å². The van der Waals surface area contributed by atoms with Gasteiger partial charge in [-0.2, -0.15) is 0 Å². The standard InChI is InChI=1S/C37H55N5O7SSi/c1-36(2,3)50(44)41(5)29(13-11-10-12-16-37(48-19-20-49-37)35-38-17-18-47-35)34-39-25-31(42(34)26-46-21-22-51(7,8)9)28-23-27-14-15-33(43)40(4)30(27)24-32(28)45-6/h14-15,17-18,23-25,29H,10-13,16,19-22,26H2,1-9H3/t29-,50?/m0/s1. The first kappa shape index (κ1) is 39.2. The number of aromatic nitrogens is 4. The number of nitrogens with zero attached hydrogens (tertiary/aromatic N) is 5. The van der Waals surface area contributed by atoms with Crippen molar-refractivity contribution in [1.29, 1.82) is 0 Å². The van der Waals surface area contributed by atoms with Gasteiger partial charge >= 0.3 is 0 Å². The van der Waals surface area contributed by atoms with Crippen molar-refractivity contribution in [2.45, 2.75) is 102 Å². The summed E-state index contributed by atoms with van der Waals surface area (Å²) < 4.78 is 49.0. The molecule has 0 radical (unpaired) electrons. The normalized spacial score (nSPS) is 16.3. The minimum atomic E-state index is -1.33. The molecule has 4 heterocycles. The Morgan fingerprint density at radius 2 is 1.86 bits per heavy atom. The maximum absolute atomic E-state index is 14.0. The van der Waals surface area contributed by atoms with Gasteiger partial charge in [0.2, 0.25) is 5.79 Å². The fourth-order valence-electron chi connectivity index (χ4n) is 6.45. The zero-order valence-electron chi connectivity index (χ0n) is 31.7. The highest BCUT2D eigenvalue weighted by Gasteiger charge is 2.43. The Hall–Kier alpha value is -2.98. The van der Waals surface area contributed by atoms with Crippen LogP contribution in [0.3, 0.4) is 0 Å². The SMILES string of the molecule is COc1cc2c(ccc(=O)n2C)cc1-c1cnc([C@H](CCCCCC2(c3ncco3)OCCO2)N(C)[S+]([O-])C(C)(C)C)n1COCC[Si](C)(C)C. The lowest BCUT2D eigenvalue weighted by atomic mass is 10.0. The summed E-state index contributed by atoms with van der Waals surface area (Å²) in [6, 6.07) is 8.10. The van der Waals surface area contributed by atoms with E-state index >= 15 is 0 Å². The van der Waals surface area contributed by atoms with Gasteiger partial charge in [-0.3, -0.25) is 4.79 Å². The molecule has 0 bridgehead atoms. The van der Waals surface area contributed by atoms with Crippen LogP contribution in [-0.4, -0.2) is 74.8 Å². The van der Waals surface area contributed by atoms with Gasteiger partial charge < -0.3 is 37.1 Å². The Balaban J connectivity index is 1.48. The minimum absolute atomic E-state index is 0.0887. The van der Waals surface area contributed by atoms with E-state index in [9.17, 15) is 9.35 Å². The number of unbranched alkanes of at least 4 members (excludes halogenated alkanes) is 2. The molecule has 1 unspecified atom stereocenters. The molecular weight excluding hydrogens is 687 g/mol. The van der Waals surface area contributed by atoms with Crippen molar-refractivity contribution in [3.8, 4) is 17.0 Å². The van der Waals surface area contributed by atoms with Gasteiger partial charge in [0.1, 0.15) is 35.4 Å². The Bertz CT molecular complexity index is 1790. The molecule has 3 aromatic heterocycles. The highest BCUT2D eigenvalue weighted by Crippen LogP contribution is 2.39. The molecule has 0 saturated carbocycles. The number of oxazole rings is 1. The molecule has 0 spiro atoms. The molecule has 1 aliphatic heterocycles. The van der Waals surface area contributed by atoms with E-state index in [1.807, 2.05) is 56.5 Å².